The molecule has 0 aromatic carbocycles. The van der Waals surface area contributed by atoms with Crippen LogP contribution in [0.5, 0.6) is 0 Å². The first kappa shape index (κ1) is 12.1. The quantitative estimate of drug-likeness (QED) is 0.713. The van der Waals surface area contributed by atoms with Crippen molar-refractivity contribution in [3.63, 3.8) is 0 Å². The molecule has 1 aromatic rings. The molecule has 0 aliphatic carbocycles. The van der Waals surface area contributed by atoms with Crippen molar-refractivity contribution < 1.29 is 4.74 Å². The van der Waals surface area contributed by atoms with E-state index < -0.39 is 0 Å². The molecule has 0 N–H and O–H groups in total. The van der Waals surface area contributed by atoms with Crippen molar-refractivity contribution in [3.8, 4) is 0 Å². The topological polar surface area (TPSA) is 25.4 Å². The lowest BCUT2D eigenvalue weighted by Crippen LogP contribution is -2.27. The van der Waals surface area contributed by atoms with Gasteiger partial charge in [0.1, 0.15) is 0 Å². The molecule has 84 valence electrons. The Labute approximate surface area is 92.1 Å². The summed E-state index contributed by atoms with van der Waals surface area (Å²) in [5.41, 5.74) is 2.42. The van der Waals surface area contributed by atoms with E-state index in [1.807, 2.05) is 12.3 Å². The van der Waals surface area contributed by atoms with E-state index in [4.69, 9.17) is 4.74 Å². The standard InChI is InChI=1S/C12H20N2O/c1-4-14(8-9-15-3)10-12-11(2)6-5-7-13-12/h5-7H,4,8-10H2,1-3H3. The monoisotopic (exact) mass is 208 g/mol. The molecule has 0 saturated heterocycles. The third-order valence-corrected chi connectivity index (χ3v) is 2.55. The SMILES string of the molecule is CCN(CCOC)Cc1ncccc1C. The highest BCUT2D eigenvalue weighted by Crippen LogP contribution is 2.06. The molecule has 1 rings (SSSR count). The lowest BCUT2D eigenvalue weighted by atomic mass is 10.2. The van der Waals surface area contributed by atoms with Crippen molar-refractivity contribution in [2.45, 2.75) is 20.4 Å². The van der Waals surface area contributed by atoms with Gasteiger partial charge in [-0.15, -0.1) is 0 Å². The molecule has 0 aliphatic rings. The predicted octanol–water partition coefficient (Wildman–Crippen LogP) is 1.86. The second-order valence-corrected chi connectivity index (χ2v) is 3.63. The van der Waals surface area contributed by atoms with E-state index in [0.29, 0.717) is 0 Å². The molecule has 0 radical (unpaired) electrons. The normalized spacial score (nSPS) is 10.9. The molecule has 0 aliphatic heterocycles. The van der Waals surface area contributed by atoms with Gasteiger partial charge in [0, 0.05) is 26.4 Å². The van der Waals surface area contributed by atoms with Crippen LogP contribution in [0.1, 0.15) is 18.2 Å². The van der Waals surface area contributed by atoms with Crippen molar-refractivity contribution >= 4 is 0 Å². The molecule has 0 amide bonds. The Balaban J connectivity index is 2.54. The number of methoxy groups -OCH3 is 1. The Morgan fingerprint density at radius 2 is 2.27 bits per heavy atom. The van der Waals surface area contributed by atoms with E-state index in [9.17, 15) is 0 Å². The summed E-state index contributed by atoms with van der Waals surface area (Å²) in [6, 6.07) is 4.08. The van der Waals surface area contributed by atoms with Crippen LogP contribution in [-0.2, 0) is 11.3 Å². The summed E-state index contributed by atoms with van der Waals surface area (Å²) in [6.45, 7) is 7.94. The Morgan fingerprint density at radius 3 is 2.87 bits per heavy atom. The summed E-state index contributed by atoms with van der Waals surface area (Å²) in [6.07, 6.45) is 1.85. The highest BCUT2D eigenvalue weighted by molar-refractivity contribution is 5.17. The van der Waals surface area contributed by atoms with E-state index in [-0.39, 0.29) is 0 Å². The van der Waals surface area contributed by atoms with Crippen LogP contribution in [0.2, 0.25) is 0 Å². The number of likely N-dealkylation sites (N-methyl/N-ethyl adjacent to an activating group) is 1. The van der Waals surface area contributed by atoms with E-state index >= 15 is 0 Å². The molecule has 15 heavy (non-hydrogen) atoms. The molecule has 0 fully saturated rings. The summed E-state index contributed by atoms with van der Waals surface area (Å²) in [4.78, 5) is 6.72. The van der Waals surface area contributed by atoms with Gasteiger partial charge in [0.25, 0.3) is 0 Å². The van der Waals surface area contributed by atoms with Crippen molar-refractivity contribution in [2.75, 3.05) is 26.8 Å². The fraction of sp³-hybridized carbons (Fsp3) is 0.583. The minimum absolute atomic E-state index is 0.778. The molecule has 0 unspecified atom stereocenters. The largest absolute Gasteiger partial charge is 0.383 e. The highest BCUT2D eigenvalue weighted by atomic mass is 16.5. The molecule has 0 spiro atoms. The molecule has 0 bridgehead atoms. The maximum absolute atomic E-state index is 5.08. The van der Waals surface area contributed by atoms with E-state index in [2.05, 4.69) is 29.8 Å². The fourth-order valence-corrected chi connectivity index (χ4v) is 1.47. The maximum Gasteiger partial charge on any atom is 0.0589 e. The Bertz CT molecular complexity index is 289. The Kier molecular flexibility index (Phi) is 5.29. The van der Waals surface area contributed by atoms with Crippen molar-refractivity contribution in [1.82, 2.24) is 9.88 Å². The molecule has 0 saturated carbocycles. The van der Waals surface area contributed by atoms with Gasteiger partial charge in [-0.1, -0.05) is 13.0 Å². The zero-order chi connectivity index (χ0) is 11.1. The second kappa shape index (κ2) is 6.53. The first-order chi connectivity index (χ1) is 7.27. The Morgan fingerprint density at radius 1 is 1.47 bits per heavy atom. The highest BCUT2D eigenvalue weighted by Gasteiger charge is 2.05. The summed E-state index contributed by atoms with van der Waals surface area (Å²) >= 11 is 0. The van der Waals surface area contributed by atoms with Crippen LogP contribution in [0, 0.1) is 6.92 Å². The number of nitrogens with zero attached hydrogens (tertiary/aromatic N) is 2. The molecule has 0 atom stereocenters. The molecular weight excluding hydrogens is 188 g/mol. The zero-order valence-electron chi connectivity index (χ0n) is 9.86. The average Bonchev–Trinajstić information content (AvgIpc) is 2.26. The Hall–Kier alpha value is -0.930. The van der Waals surface area contributed by atoms with Gasteiger partial charge in [-0.2, -0.15) is 0 Å². The van der Waals surface area contributed by atoms with Gasteiger partial charge >= 0.3 is 0 Å². The van der Waals surface area contributed by atoms with Gasteiger partial charge in [0.2, 0.25) is 0 Å². The number of ether oxygens (including phenoxy) is 1. The van der Waals surface area contributed by atoms with Crippen molar-refractivity contribution in [1.29, 1.82) is 0 Å². The third-order valence-electron chi connectivity index (χ3n) is 2.55. The van der Waals surface area contributed by atoms with E-state index in [1.54, 1.807) is 7.11 Å². The van der Waals surface area contributed by atoms with Gasteiger partial charge in [0.15, 0.2) is 0 Å². The van der Waals surface area contributed by atoms with Crippen molar-refractivity contribution in [3.05, 3.63) is 29.6 Å². The van der Waals surface area contributed by atoms with Crippen LogP contribution in [-0.4, -0.2) is 36.7 Å². The van der Waals surface area contributed by atoms with Crippen LogP contribution in [0.4, 0.5) is 0 Å². The van der Waals surface area contributed by atoms with Gasteiger partial charge in [-0.05, 0) is 25.1 Å². The summed E-state index contributed by atoms with van der Waals surface area (Å²) in [5, 5.41) is 0. The second-order valence-electron chi connectivity index (χ2n) is 3.63. The number of pyridine rings is 1. The third kappa shape index (κ3) is 3.98. The van der Waals surface area contributed by atoms with Crippen LogP contribution in [0.25, 0.3) is 0 Å². The molecule has 1 heterocycles. The lowest BCUT2D eigenvalue weighted by molar-refractivity contribution is 0.146. The first-order valence-corrected chi connectivity index (χ1v) is 5.39. The fourth-order valence-electron chi connectivity index (χ4n) is 1.47. The number of hydrogen-bond donors (Lipinski definition) is 0. The van der Waals surface area contributed by atoms with Crippen LogP contribution in [0.3, 0.4) is 0 Å². The van der Waals surface area contributed by atoms with Crippen LogP contribution in [0.15, 0.2) is 18.3 Å². The van der Waals surface area contributed by atoms with Gasteiger partial charge in [-0.25, -0.2) is 0 Å². The van der Waals surface area contributed by atoms with Gasteiger partial charge in [-0.3, -0.25) is 9.88 Å². The zero-order valence-corrected chi connectivity index (χ0v) is 9.86. The molecule has 1 aromatic heterocycles. The number of aromatic nitrogens is 1. The minimum Gasteiger partial charge on any atom is -0.383 e. The number of rotatable bonds is 6. The van der Waals surface area contributed by atoms with Crippen molar-refractivity contribution in [2.24, 2.45) is 0 Å². The molecular formula is C12H20N2O. The number of hydrogen-bond acceptors (Lipinski definition) is 3. The lowest BCUT2D eigenvalue weighted by Gasteiger charge is -2.20. The van der Waals surface area contributed by atoms with E-state index in [1.165, 1.54) is 5.56 Å². The minimum atomic E-state index is 0.778. The first-order valence-electron chi connectivity index (χ1n) is 5.39. The summed E-state index contributed by atoms with van der Waals surface area (Å²) < 4.78 is 5.08. The smallest absolute Gasteiger partial charge is 0.0589 e. The van der Waals surface area contributed by atoms with Crippen LogP contribution < -0.4 is 0 Å². The number of aryl methyl sites for hydroxylation is 1. The average molecular weight is 208 g/mol. The molecule has 3 heteroatoms. The summed E-state index contributed by atoms with van der Waals surface area (Å²) in [7, 11) is 1.74. The predicted molar refractivity (Wildman–Crippen MR) is 61.8 cm³/mol. The van der Waals surface area contributed by atoms with Gasteiger partial charge < -0.3 is 4.74 Å². The van der Waals surface area contributed by atoms with E-state index in [0.717, 1.165) is 31.9 Å². The van der Waals surface area contributed by atoms with Crippen LogP contribution >= 0.6 is 0 Å². The molecule has 3 nitrogen and oxygen atoms in total. The van der Waals surface area contributed by atoms with Gasteiger partial charge in [0.05, 0.1) is 12.3 Å². The maximum atomic E-state index is 5.08. The summed E-state index contributed by atoms with van der Waals surface area (Å²) in [5.74, 6) is 0.